The Bertz CT molecular complexity index is 1110. The smallest absolute Gasteiger partial charge is 0.265 e. The van der Waals surface area contributed by atoms with E-state index in [-0.39, 0.29) is 11.7 Å². The maximum Gasteiger partial charge on any atom is 0.265 e. The van der Waals surface area contributed by atoms with Gasteiger partial charge in [-0.15, -0.1) is 11.3 Å². The van der Waals surface area contributed by atoms with Crippen LogP contribution in [0.3, 0.4) is 0 Å². The van der Waals surface area contributed by atoms with Crippen molar-refractivity contribution in [2.45, 2.75) is 13.8 Å². The Morgan fingerprint density at radius 3 is 2.62 bits per heavy atom. The van der Waals surface area contributed by atoms with Crippen LogP contribution in [0.25, 0.3) is 15.9 Å². The fourth-order valence-electron chi connectivity index (χ4n) is 2.83. The molecule has 0 spiro atoms. The van der Waals surface area contributed by atoms with E-state index in [1.807, 2.05) is 44.2 Å². The SMILES string of the molecule is Cc1cccc(NC(=O)c2cc3c(C)nn(-c4ccc(F)cc4)c3s2)c1. The second-order valence-electron chi connectivity index (χ2n) is 6.13. The number of carbonyl (C=O) groups is 1. The normalized spacial score (nSPS) is 11.0. The number of aryl methyl sites for hydroxylation is 2. The van der Waals surface area contributed by atoms with Crippen molar-refractivity contribution >= 4 is 33.1 Å². The summed E-state index contributed by atoms with van der Waals surface area (Å²) in [6, 6.07) is 15.7. The van der Waals surface area contributed by atoms with Crippen molar-refractivity contribution in [3.8, 4) is 5.69 Å². The third-order valence-electron chi connectivity index (χ3n) is 4.12. The van der Waals surface area contributed by atoms with Gasteiger partial charge in [-0.2, -0.15) is 5.10 Å². The molecule has 2 aromatic carbocycles. The topological polar surface area (TPSA) is 46.9 Å². The van der Waals surface area contributed by atoms with E-state index in [4.69, 9.17) is 0 Å². The molecule has 6 heteroatoms. The molecule has 0 saturated carbocycles. The zero-order valence-corrected chi connectivity index (χ0v) is 15.1. The van der Waals surface area contributed by atoms with Gasteiger partial charge in [-0.05, 0) is 61.9 Å². The van der Waals surface area contributed by atoms with Crippen LogP contribution in [0, 0.1) is 19.7 Å². The Kier molecular flexibility index (Phi) is 4.05. The molecule has 4 nitrogen and oxygen atoms in total. The maximum atomic E-state index is 13.2. The van der Waals surface area contributed by atoms with Gasteiger partial charge in [0, 0.05) is 11.1 Å². The van der Waals surface area contributed by atoms with Crippen molar-refractivity contribution in [3.63, 3.8) is 0 Å². The standard InChI is InChI=1S/C20H16FN3OS/c1-12-4-3-5-15(10-12)22-19(25)18-11-17-13(2)23-24(20(17)26-18)16-8-6-14(21)7-9-16/h3-11H,1-2H3,(H,22,25). The van der Waals surface area contributed by atoms with Crippen LogP contribution in [0.1, 0.15) is 20.9 Å². The van der Waals surface area contributed by atoms with E-state index in [1.165, 1.54) is 23.5 Å². The number of nitrogens with zero attached hydrogens (tertiary/aromatic N) is 2. The Balaban J connectivity index is 1.70. The molecular formula is C20H16FN3OS. The van der Waals surface area contributed by atoms with Crippen LogP contribution < -0.4 is 5.32 Å². The summed E-state index contributed by atoms with van der Waals surface area (Å²) in [5, 5.41) is 8.37. The summed E-state index contributed by atoms with van der Waals surface area (Å²) >= 11 is 1.37. The molecule has 2 heterocycles. The largest absolute Gasteiger partial charge is 0.321 e. The van der Waals surface area contributed by atoms with Crippen LogP contribution in [0.2, 0.25) is 0 Å². The molecule has 0 unspecified atom stereocenters. The molecule has 0 saturated heterocycles. The first-order valence-corrected chi connectivity index (χ1v) is 8.96. The predicted octanol–water partition coefficient (Wildman–Crippen LogP) is 5.10. The van der Waals surface area contributed by atoms with Crippen molar-refractivity contribution in [2.24, 2.45) is 0 Å². The van der Waals surface area contributed by atoms with Gasteiger partial charge in [0.05, 0.1) is 16.3 Å². The molecule has 0 bridgehead atoms. The van der Waals surface area contributed by atoms with Crippen molar-refractivity contribution < 1.29 is 9.18 Å². The number of aromatic nitrogens is 2. The fraction of sp³-hybridized carbons (Fsp3) is 0.100. The highest BCUT2D eigenvalue weighted by atomic mass is 32.1. The second kappa shape index (κ2) is 6.38. The summed E-state index contributed by atoms with van der Waals surface area (Å²) in [5.74, 6) is -0.444. The van der Waals surface area contributed by atoms with Gasteiger partial charge in [-0.1, -0.05) is 12.1 Å². The average Bonchev–Trinajstić information content (AvgIpc) is 3.17. The number of nitrogens with one attached hydrogen (secondary N) is 1. The molecule has 0 aliphatic carbocycles. The number of fused-ring (bicyclic) bond motifs is 1. The molecule has 130 valence electrons. The van der Waals surface area contributed by atoms with E-state index >= 15 is 0 Å². The quantitative estimate of drug-likeness (QED) is 0.549. The third kappa shape index (κ3) is 2.99. The monoisotopic (exact) mass is 365 g/mol. The fourth-order valence-corrected chi connectivity index (χ4v) is 3.91. The molecule has 4 aromatic rings. The molecule has 1 N–H and O–H groups in total. The van der Waals surface area contributed by atoms with Crippen LogP contribution in [-0.4, -0.2) is 15.7 Å². The zero-order valence-electron chi connectivity index (χ0n) is 14.3. The molecule has 0 fully saturated rings. The first-order valence-electron chi connectivity index (χ1n) is 8.14. The Labute approximate surface area is 153 Å². The lowest BCUT2D eigenvalue weighted by atomic mass is 10.2. The van der Waals surface area contributed by atoms with Gasteiger partial charge in [0.25, 0.3) is 5.91 Å². The van der Waals surface area contributed by atoms with Crippen LogP contribution in [0.4, 0.5) is 10.1 Å². The maximum absolute atomic E-state index is 13.2. The van der Waals surface area contributed by atoms with Crippen molar-refractivity contribution in [3.05, 3.63) is 76.5 Å². The lowest BCUT2D eigenvalue weighted by Gasteiger charge is -2.04. The summed E-state index contributed by atoms with van der Waals surface area (Å²) in [6.45, 7) is 3.88. The summed E-state index contributed by atoms with van der Waals surface area (Å²) in [5.41, 5.74) is 3.44. The van der Waals surface area contributed by atoms with Gasteiger partial charge in [0.2, 0.25) is 0 Å². The Hall–Kier alpha value is -2.99. The van der Waals surface area contributed by atoms with E-state index in [2.05, 4.69) is 10.4 Å². The van der Waals surface area contributed by atoms with Crippen molar-refractivity contribution in [1.29, 1.82) is 0 Å². The first kappa shape index (κ1) is 16.5. The van der Waals surface area contributed by atoms with Gasteiger partial charge in [0.15, 0.2) is 0 Å². The van der Waals surface area contributed by atoms with E-state index in [0.717, 1.165) is 32.8 Å². The molecule has 4 rings (SSSR count). The summed E-state index contributed by atoms with van der Waals surface area (Å²) < 4.78 is 14.9. The number of rotatable bonds is 3. The number of thiophene rings is 1. The Morgan fingerprint density at radius 2 is 1.88 bits per heavy atom. The number of amides is 1. The minimum absolute atomic E-state index is 0.151. The zero-order chi connectivity index (χ0) is 18.3. The van der Waals surface area contributed by atoms with Crippen molar-refractivity contribution in [2.75, 3.05) is 5.32 Å². The van der Waals surface area contributed by atoms with Gasteiger partial charge in [-0.3, -0.25) is 4.79 Å². The van der Waals surface area contributed by atoms with E-state index in [0.29, 0.717) is 4.88 Å². The van der Waals surface area contributed by atoms with E-state index < -0.39 is 0 Å². The van der Waals surface area contributed by atoms with Crippen LogP contribution >= 0.6 is 11.3 Å². The molecule has 1 amide bonds. The van der Waals surface area contributed by atoms with Crippen LogP contribution in [0.5, 0.6) is 0 Å². The molecule has 0 radical (unpaired) electrons. The summed E-state index contributed by atoms with van der Waals surface area (Å²) in [4.78, 5) is 14.1. The van der Waals surface area contributed by atoms with Gasteiger partial charge < -0.3 is 5.32 Å². The first-order chi connectivity index (χ1) is 12.5. The minimum Gasteiger partial charge on any atom is -0.321 e. The summed E-state index contributed by atoms with van der Waals surface area (Å²) in [6.07, 6.45) is 0. The molecule has 26 heavy (non-hydrogen) atoms. The van der Waals surface area contributed by atoms with Gasteiger partial charge in [0.1, 0.15) is 10.6 Å². The average molecular weight is 365 g/mol. The Morgan fingerprint density at radius 1 is 1.12 bits per heavy atom. The number of carbonyl (C=O) groups excluding carboxylic acids is 1. The third-order valence-corrected chi connectivity index (χ3v) is 5.22. The van der Waals surface area contributed by atoms with Gasteiger partial charge >= 0.3 is 0 Å². The molecule has 0 aliphatic rings. The molecule has 0 atom stereocenters. The second-order valence-corrected chi connectivity index (χ2v) is 7.16. The molecule has 0 aliphatic heterocycles. The van der Waals surface area contributed by atoms with E-state index in [9.17, 15) is 9.18 Å². The van der Waals surface area contributed by atoms with Crippen molar-refractivity contribution in [1.82, 2.24) is 9.78 Å². The highest BCUT2D eigenvalue weighted by Crippen LogP contribution is 2.31. The number of benzene rings is 2. The molecule has 2 aromatic heterocycles. The summed E-state index contributed by atoms with van der Waals surface area (Å²) in [7, 11) is 0. The van der Waals surface area contributed by atoms with Gasteiger partial charge in [-0.25, -0.2) is 9.07 Å². The number of hydrogen-bond donors (Lipinski definition) is 1. The lowest BCUT2D eigenvalue weighted by Crippen LogP contribution is -2.10. The molecular weight excluding hydrogens is 349 g/mol. The minimum atomic E-state index is -0.293. The predicted molar refractivity (Wildman–Crippen MR) is 103 cm³/mol. The van der Waals surface area contributed by atoms with Crippen LogP contribution in [0.15, 0.2) is 54.6 Å². The highest BCUT2D eigenvalue weighted by Gasteiger charge is 2.17. The highest BCUT2D eigenvalue weighted by molar-refractivity contribution is 7.20. The lowest BCUT2D eigenvalue weighted by molar-refractivity contribution is 0.103. The number of hydrogen-bond acceptors (Lipinski definition) is 3. The van der Waals surface area contributed by atoms with E-state index in [1.54, 1.807) is 16.8 Å². The number of anilines is 1. The number of halogens is 1. The van der Waals surface area contributed by atoms with Crippen LogP contribution in [-0.2, 0) is 0 Å².